The zero-order valence-electron chi connectivity index (χ0n) is 27.7. The molecule has 3 heterocycles. The van der Waals surface area contributed by atoms with Gasteiger partial charge >= 0.3 is 21.1 Å². The van der Waals surface area contributed by atoms with E-state index in [0.717, 1.165) is 62.4 Å². The Hall–Kier alpha value is -4.19. The number of nitrogens with zero attached hydrogens (tertiary/aromatic N) is 4. The van der Waals surface area contributed by atoms with Crippen LogP contribution in [0.3, 0.4) is 0 Å². The largest absolute Gasteiger partial charge is 2.00 e. The number of pyridine rings is 1. The molecular formula is C39H38N4O3Pt. The van der Waals surface area contributed by atoms with Gasteiger partial charge in [-0.25, -0.2) is 4.98 Å². The summed E-state index contributed by atoms with van der Waals surface area (Å²) < 4.78 is 21.8. The van der Waals surface area contributed by atoms with E-state index in [1.807, 2.05) is 41.1 Å². The Labute approximate surface area is 290 Å². The molecule has 0 radical (unpaired) electrons. The maximum Gasteiger partial charge on any atom is 2.00 e. The minimum Gasteiger partial charge on any atom is -0.509 e. The van der Waals surface area contributed by atoms with Crippen LogP contribution >= 0.6 is 0 Å². The molecule has 7 nitrogen and oxygen atoms in total. The summed E-state index contributed by atoms with van der Waals surface area (Å²) in [6, 6.07) is 27.2. The first kappa shape index (κ1) is 32.7. The van der Waals surface area contributed by atoms with Crippen molar-refractivity contribution in [2.24, 2.45) is 5.92 Å². The van der Waals surface area contributed by atoms with Crippen molar-refractivity contribution in [3.8, 4) is 28.8 Å². The topological polar surface area (TPSA) is 63.3 Å². The summed E-state index contributed by atoms with van der Waals surface area (Å²) in [7, 11) is 3.45. The number of rotatable bonds is 7. The van der Waals surface area contributed by atoms with Crippen LogP contribution in [0.2, 0.25) is 0 Å². The maximum absolute atomic E-state index is 6.48. The second-order valence-electron chi connectivity index (χ2n) is 12.4. The fourth-order valence-corrected chi connectivity index (χ4v) is 7.20. The molecule has 0 N–H and O–H groups in total. The van der Waals surface area contributed by atoms with Gasteiger partial charge in [0, 0.05) is 53.6 Å². The summed E-state index contributed by atoms with van der Waals surface area (Å²) in [4.78, 5) is 4.67. The standard InChI is InChI=1S/C39H38N4O3.Pt/c1-23-16-28(43-27(5)39(26(4)41-43)38-24(2)18-31(45-7)19-25(38)3)20-32(17-23)46-30-12-13-34-33-10-8-9-11-35(33)42(36(34)21-30)37-22-29(44-6)14-15-40-37;/h8-18,22,25,31,38H,19H2,1-7H3;/q-2;+2/t25-,31-,38?;/m0./s1. The Bertz CT molecular complexity index is 2130. The molecule has 0 saturated heterocycles. The van der Waals surface area contributed by atoms with E-state index in [2.05, 4.69) is 86.6 Å². The normalized spacial score (nSPS) is 17.9. The van der Waals surface area contributed by atoms with Gasteiger partial charge in [-0.15, -0.1) is 35.7 Å². The predicted octanol–water partition coefficient (Wildman–Crippen LogP) is 8.77. The number of para-hydroxylation sites is 1. The Kier molecular flexibility index (Phi) is 9.15. The maximum atomic E-state index is 6.48. The van der Waals surface area contributed by atoms with Gasteiger partial charge in [0.15, 0.2) is 0 Å². The molecule has 7 rings (SSSR count). The molecule has 3 atom stereocenters. The van der Waals surface area contributed by atoms with Crippen LogP contribution in [0.25, 0.3) is 33.3 Å². The van der Waals surface area contributed by atoms with Gasteiger partial charge in [-0.05, 0) is 56.3 Å². The van der Waals surface area contributed by atoms with Crippen molar-refractivity contribution >= 4 is 21.8 Å². The smallest absolute Gasteiger partial charge is 0.509 e. The van der Waals surface area contributed by atoms with Crippen molar-refractivity contribution in [2.75, 3.05) is 14.2 Å². The van der Waals surface area contributed by atoms with Gasteiger partial charge in [0.2, 0.25) is 0 Å². The number of fused-ring (bicyclic) bond motifs is 3. The van der Waals surface area contributed by atoms with E-state index in [0.29, 0.717) is 23.3 Å². The van der Waals surface area contributed by atoms with E-state index < -0.39 is 0 Å². The van der Waals surface area contributed by atoms with Crippen molar-refractivity contribution in [3.63, 3.8) is 0 Å². The molecule has 6 aromatic rings. The van der Waals surface area contributed by atoms with E-state index in [9.17, 15) is 0 Å². The quantitative estimate of drug-likeness (QED) is 0.119. The molecule has 47 heavy (non-hydrogen) atoms. The number of aryl methyl sites for hydroxylation is 2. The Balaban J connectivity index is 0.00000386. The fraction of sp³-hybridized carbons (Fsp3) is 0.282. The second-order valence-corrected chi connectivity index (χ2v) is 12.4. The van der Waals surface area contributed by atoms with Crippen molar-refractivity contribution in [3.05, 3.63) is 113 Å². The van der Waals surface area contributed by atoms with Gasteiger partial charge in [0.1, 0.15) is 11.6 Å². The van der Waals surface area contributed by atoms with Crippen LogP contribution < -0.4 is 9.47 Å². The third-order valence-electron chi connectivity index (χ3n) is 9.23. The van der Waals surface area contributed by atoms with E-state index in [-0.39, 0.29) is 27.2 Å². The van der Waals surface area contributed by atoms with Crippen molar-refractivity contribution < 1.29 is 35.3 Å². The van der Waals surface area contributed by atoms with E-state index in [1.165, 1.54) is 11.1 Å². The minimum absolute atomic E-state index is 0. The van der Waals surface area contributed by atoms with Crippen molar-refractivity contribution in [2.45, 2.75) is 53.1 Å². The third-order valence-corrected chi connectivity index (χ3v) is 9.23. The fourth-order valence-electron chi connectivity index (χ4n) is 7.20. The van der Waals surface area contributed by atoms with Crippen LogP contribution in [0.4, 0.5) is 0 Å². The molecule has 1 aliphatic carbocycles. The number of methoxy groups -OCH3 is 2. The second kappa shape index (κ2) is 13.1. The summed E-state index contributed by atoms with van der Waals surface area (Å²) in [6.45, 7) is 10.9. The first-order valence-corrected chi connectivity index (χ1v) is 15.7. The van der Waals surface area contributed by atoms with Gasteiger partial charge in [-0.2, -0.15) is 16.7 Å². The number of benzene rings is 3. The molecule has 0 bridgehead atoms. The SMILES string of the molecule is COc1ccnc(-n2c3[c-]c(Oc4[c-]c(-n5nc(C)c(C6C(C)=C[C@H](OC)C[C@@H]6C)c5C)cc(C)c4)ccc3c3ccccc32)c1.[Pt+2]. The van der Waals surface area contributed by atoms with Crippen LogP contribution in [0.15, 0.2) is 78.5 Å². The summed E-state index contributed by atoms with van der Waals surface area (Å²) >= 11 is 0. The molecule has 3 aromatic heterocycles. The van der Waals surface area contributed by atoms with Crippen LogP contribution in [0.5, 0.6) is 17.2 Å². The molecule has 8 heteroatoms. The Morgan fingerprint density at radius 2 is 1.70 bits per heavy atom. The minimum atomic E-state index is 0. The molecule has 3 aromatic carbocycles. The number of allylic oxidation sites excluding steroid dienone is 1. The average Bonchev–Trinajstić information content (AvgIpc) is 3.53. The number of ether oxygens (including phenoxy) is 3. The molecule has 0 saturated carbocycles. The summed E-state index contributed by atoms with van der Waals surface area (Å²) in [6.07, 6.45) is 5.18. The molecule has 242 valence electrons. The number of aromatic nitrogens is 4. The van der Waals surface area contributed by atoms with Crippen LogP contribution in [0.1, 0.15) is 48.7 Å². The van der Waals surface area contributed by atoms with Gasteiger partial charge in [0.25, 0.3) is 0 Å². The van der Waals surface area contributed by atoms with Crippen LogP contribution in [0, 0.1) is 38.8 Å². The molecular weight excluding hydrogens is 768 g/mol. The van der Waals surface area contributed by atoms with Gasteiger partial charge in [0.05, 0.1) is 18.9 Å². The summed E-state index contributed by atoms with van der Waals surface area (Å²) in [5, 5.41) is 7.20. The van der Waals surface area contributed by atoms with E-state index in [4.69, 9.17) is 19.3 Å². The first-order chi connectivity index (χ1) is 22.2. The third kappa shape index (κ3) is 5.92. The summed E-state index contributed by atoms with van der Waals surface area (Å²) in [5.41, 5.74) is 8.58. The monoisotopic (exact) mass is 805 g/mol. The molecule has 0 amide bonds. The van der Waals surface area contributed by atoms with Gasteiger partial charge in [-0.3, -0.25) is 4.68 Å². The van der Waals surface area contributed by atoms with Gasteiger partial charge in [-0.1, -0.05) is 49.2 Å². The molecule has 1 unspecified atom stereocenters. The first-order valence-electron chi connectivity index (χ1n) is 15.7. The Morgan fingerprint density at radius 1 is 0.894 bits per heavy atom. The van der Waals surface area contributed by atoms with E-state index >= 15 is 0 Å². The predicted molar refractivity (Wildman–Crippen MR) is 182 cm³/mol. The number of hydrogen-bond donors (Lipinski definition) is 0. The zero-order valence-corrected chi connectivity index (χ0v) is 30.0. The van der Waals surface area contributed by atoms with Crippen molar-refractivity contribution in [1.82, 2.24) is 19.3 Å². The molecule has 1 aliphatic rings. The molecule has 0 fully saturated rings. The average molecular weight is 806 g/mol. The van der Waals surface area contributed by atoms with Crippen LogP contribution in [-0.2, 0) is 25.8 Å². The molecule has 0 spiro atoms. The van der Waals surface area contributed by atoms with Crippen molar-refractivity contribution in [1.29, 1.82) is 0 Å². The summed E-state index contributed by atoms with van der Waals surface area (Å²) in [5.74, 6) is 3.42. The van der Waals surface area contributed by atoms with Crippen LogP contribution in [-0.4, -0.2) is 39.7 Å². The Morgan fingerprint density at radius 3 is 2.47 bits per heavy atom. The number of hydrogen-bond acceptors (Lipinski definition) is 5. The van der Waals surface area contributed by atoms with E-state index in [1.54, 1.807) is 20.4 Å². The molecule has 0 aliphatic heterocycles. The van der Waals surface area contributed by atoms with Gasteiger partial charge < -0.3 is 18.8 Å². The zero-order chi connectivity index (χ0) is 32.1.